The molecule has 2 aromatic heterocycles. The summed E-state index contributed by atoms with van der Waals surface area (Å²) in [5.74, 6) is -0.229. The number of carbonyl (C=O) groups excluding carboxylic acids is 1. The molecule has 0 aliphatic heterocycles. The molecule has 1 amide bonds. The summed E-state index contributed by atoms with van der Waals surface area (Å²) < 4.78 is 2.02. The summed E-state index contributed by atoms with van der Waals surface area (Å²) in [4.78, 5) is 21.2. The molecule has 2 aromatic carbocycles. The standard InChI is InChI=1S/C17H10BrN3OS2/c18-11-7-5-10(6-8-11)13-9-23-17(20-13)21-15(22)16-19-12-3-1-2-4-14(12)24-16/h1-9H,(H,20,21,22). The van der Waals surface area contributed by atoms with Crippen molar-refractivity contribution >= 4 is 59.9 Å². The molecule has 0 saturated carbocycles. The number of para-hydroxylation sites is 1. The highest BCUT2D eigenvalue weighted by atomic mass is 79.9. The van der Waals surface area contributed by atoms with Gasteiger partial charge in [-0.05, 0) is 24.3 Å². The van der Waals surface area contributed by atoms with E-state index in [1.54, 1.807) is 0 Å². The van der Waals surface area contributed by atoms with Crippen molar-refractivity contribution < 1.29 is 4.79 Å². The molecule has 0 radical (unpaired) electrons. The van der Waals surface area contributed by atoms with Crippen LogP contribution in [0, 0.1) is 0 Å². The van der Waals surface area contributed by atoms with Crippen LogP contribution >= 0.6 is 38.6 Å². The van der Waals surface area contributed by atoms with Crippen molar-refractivity contribution in [2.24, 2.45) is 0 Å². The minimum atomic E-state index is -0.229. The summed E-state index contributed by atoms with van der Waals surface area (Å²) in [7, 11) is 0. The van der Waals surface area contributed by atoms with Gasteiger partial charge in [0.25, 0.3) is 5.91 Å². The molecule has 0 aliphatic rings. The first kappa shape index (κ1) is 15.4. The highest BCUT2D eigenvalue weighted by Crippen LogP contribution is 2.27. The van der Waals surface area contributed by atoms with Crippen molar-refractivity contribution in [1.29, 1.82) is 0 Å². The lowest BCUT2D eigenvalue weighted by molar-refractivity contribution is 0.102. The molecule has 118 valence electrons. The van der Waals surface area contributed by atoms with Crippen molar-refractivity contribution in [2.75, 3.05) is 5.32 Å². The number of thiazole rings is 2. The lowest BCUT2D eigenvalue weighted by atomic mass is 10.2. The van der Waals surface area contributed by atoms with E-state index in [0.717, 1.165) is 25.9 Å². The third-order valence-corrected chi connectivity index (χ3v) is 5.67. The average molecular weight is 416 g/mol. The van der Waals surface area contributed by atoms with Crippen LogP contribution in [0.3, 0.4) is 0 Å². The second kappa shape index (κ2) is 6.43. The van der Waals surface area contributed by atoms with Gasteiger partial charge in [0, 0.05) is 15.4 Å². The molecule has 0 saturated heterocycles. The number of fused-ring (bicyclic) bond motifs is 1. The third-order valence-electron chi connectivity index (χ3n) is 3.35. The second-order valence-corrected chi connectivity index (χ2v) is 7.79. The quantitative estimate of drug-likeness (QED) is 0.484. The molecule has 24 heavy (non-hydrogen) atoms. The topological polar surface area (TPSA) is 54.9 Å². The van der Waals surface area contributed by atoms with Crippen molar-refractivity contribution in [3.05, 3.63) is 63.4 Å². The zero-order chi connectivity index (χ0) is 16.5. The number of hydrogen-bond donors (Lipinski definition) is 1. The van der Waals surface area contributed by atoms with E-state index in [4.69, 9.17) is 0 Å². The van der Waals surface area contributed by atoms with Gasteiger partial charge in [0.1, 0.15) is 0 Å². The highest BCUT2D eigenvalue weighted by Gasteiger charge is 2.14. The van der Waals surface area contributed by atoms with Crippen molar-refractivity contribution in [3.8, 4) is 11.3 Å². The Kier molecular flexibility index (Phi) is 4.13. The SMILES string of the molecule is O=C(Nc1nc(-c2ccc(Br)cc2)cs1)c1nc2ccccc2s1. The monoisotopic (exact) mass is 415 g/mol. The molecular weight excluding hydrogens is 406 g/mol. The number of aromatic nitrogens is 2. The molecule has 4 aromatic rings. The van der Waals surface area contributed by atoms with Crippen LogP contribution in [0.1, 0.15) is 9.80 Å². The van der Waals surface area contributed by atoms with Crippen LogP contribution in [0.25, 0.3) is 21.5 Å². The summed E-state index contributed by atoms with van der Waals surface area (Å²) in [6, 6.07) is 15.6. The molecule has 0 atom stereocenters. The maximum Gasteiger partial charge on any atom is 0.286 e. The molecule has 0 spiro atoms. The van der Waals surface area contributed by atoms with E-state index in [0.29, 0.717) is 10.1 Å². The zero-order valence-electron chi connectivity index (χ0n) is 12.2. The van der Waals surface area contributed by atoms with Crippen LogP contribution in [0.2, 0.25) is 0 Å². The van der Waals surface area contributed by atoms with Crippen LogP contribution in [0.15, 0.2) is 58.4 Å². The van der Waals surface area contributed by atoms with Crippen molar-refractivity contribution in [2.45, 2.75) is 0 Å². The van der Waals surface area contributed by atoms with Gasteiger partial charge in [0.2, 0.25) is 0 Å². The number of nitrogens with zero attached hydrogens (tertiary/aromatic N) is 2. The Labute approximate surface area is 154 Å². The van der Waals surface area contributed by atoms with Crippen LogP contribution in [-0.4, -0.2) is 15.9 Å². The lowest BCUT2D eigenvalue weighted by Crippen LogP contribution is -2.11. The molecule has 0 unspecified atom stereocenters. The number of halogens is 1. The van der Waals surface area contributed by atoms with Gasteiger partial charge in [0.05, 0.1) is 15.9 Å². The van der Waals surface area contributed by atoms with Crippen LogP contribution in [-0.2, 0) is 0 Å². The summed E-state index contributed by atoms with van der Waals surface area (Å²) in [5, 5.41) is 5.76. The van der Waals surface area contributed by atoms with Gasteiger partial charge in [-0.25, -0.2) is 9.97 Å². The maximum absolute atomic E-state index is 12.4. The number of carbonyl (C=O) groups is 1. The smallest absolute Gasteiger partial charge is 0.286 e. The third kappa shape index (κ3) is 3.10. The number of rotatable bonds is 3. The van der Waals surface area contributed by atoms with E-state index in [1.165, 1.54) is 22.7 Å². The highest BCUT2D eigenvalue weighted by molar-refractivity contribution is 9.10. The Morgan fingerprint density at radius 1 is 1.04 bits per heavy atom. The Bertz CT molecular complexity index is 991. The summed E-state index contributed by atoms with van der Waals surface area (Å²) in [6.45, 7) is 0. The fourth-order valence-electron chi connectivity index (χ4n) is 2.20. The van der Waals surface area contributed by atoms with Crippen LogP contribution < -0.4 is 5.32 Å². The molecule has 4 nitrogen and oxygen atoms in total. The summed E-state index contributed by atoms with van der Waals surface area (Å²) >= 11 is 6.19. The van der Waals surface area contributed by atoms with Crippen molar-refractivity contribution in [3.63, 3.8) is 0 Å². The molecule has 1 N–H and O–H groups in total. The lowest BCUT2D eigenvalue weighted by Gasteiger charge is -1.98. The fraction of sp³-hybridized carbons (Fsp3) is 0. The van der Waals surface area contributed by atoms with E-state index in [9.17, 15) is 4.79 Å². The minimum Gasteiger partial charge on any atom is -0.296 e. The molecule has 0 aliphatic carbocycles. The Hall–Kier alpha value is -2.09. The Balaban J connectivity index is 1.54. The second-order valence-electron chi connectivity index (χ2n) is 4.99. The van der Waals surface area contributed by atoms with Gasteiger partial charge in [-0.15, -0.1) is 22.7 Å². The normalized spacial score (nSPS) is 10.9. The number of hydrogen-bond acceptors (Lipinski definition) is 5. The van der Waals surface area contributed by atoms with E-state index in [1.807, 2.05) is 53.9 Å². The Morgan fingerprint density at radius 2 is 1.83 bits per heavy atom. The minimum absolute atomic E-state index is 0.229. The average Bonchev–Trinajstić information content (AvgIpc) is 3.22. The van der Waals surface area contributed by atoms with Gasteiger partial charge in [-0.2, -0.15) is 0 Å². The first-order valence-electron chi connectivity index (χ1n) is 7.07. The first-order valence-corrected chi connectivity index (χ1v) is 9.56. The molecule has 0 bridgehead atoms. The predicted octanol–water partition coefficient (Wildman–Crippen LogP) is 5.43. The van der Waals surface area contributed by atoms with Gasteiger partial charge in [-0.1, -0.05) is 40.2 Å². The van der Waals surface area contributed by atoms with Crippen LogP contribution in [0.4, 0.5) is 5.13 Å². The van der Waals surface area contributed by atoms with E-state index < -0.39 is 0 Å². The first-order chi connectivity index (χ1) is 11.7. The van der Waals surface area contributed by atoms with E-state index in [-0.39, 0.29) is 5.91 Å². The Morgan fingerprint density at radius 3 is 2.62 bits per heavy atom. The molecule has 2 heterocycles. The largest absolute Gasteiger partial charge is 0.296 e. The summed E-state index contributed by atoms with van der Waals surface area (Å²) in [6.07, 6.45) is 0. The van der Waals surface area contributed by atoms with Gasteiger partial charge in [0.15, 0.2) is 10.1 Å². The zero-order valence-corrected chi connectivity index (χ0v) is 15.4. The molecule has 4 rings (SSSR count). The fourth-order valence-corrected chi connectivity index (χ4v) is 4.04. The van der Waals surface area contributed by atoms with Crippen molar-refractivity contribution in [1.82, 2.24) is 9.97 Å². The number of benzene rings is 2. The maximum atomic E-state index is 12.4. The van der Waals surface area contributed by atoms with E-state index in [2.05, 4.69) is 31.2 Å². The van der Waals surface area contributed by atoms with E-state index >= 15 is 0 Å². The van der Waals surface area contributed by atoms with Gasteiger partial charge in [-0.3, -0.25) is 10.1 Å². The van der Waals surface area contributed by atoms with Gasteiger partial charge < -0.3 is 0 Å². The molecule has 7 heteroatoms. The summed E-state index contributed by atoms with van der Waals surface area (Å²) in [5.41, 5.74) is 2.68. The predicted molar refractivity (Wildman–Crippen MR) is 103 cm³/mol. The number of anilines is 1. The van der Waals surface area contributed by atoms with Gasteiger partial charge >= 0.3 is 0 Å². The number of amides is 1. The molecule has 0 fully saturated rings. The van der Waals surface area contributed by atoms with Crippen LogP contribution in [0.5, 0.6) is 0 Å². The number of nitrogens with one attached hydrogen (secondary N) is 1. The molecular formula is C17H10BrN3OS2.